The largest absolute Gasteiger partial charge is 0.358 e. The monoisotopic (exact) mass is 282 g/mol. The summed E-state index contributed by atoms with van der Waals surface area (Å²) in [6, 6.07) is 6.34. The van der Waals surface area contributed by atoms with E-state index in [1.165, 1.54) is 29.8 Å². The van der Waals surface area contributed by atoms with Gasteiger partial charge in [-0.25, -0.2) is 4.39 Å². The Kier molecular flexibility index (Phi) is 4.09. The summed E-state index contributed by atoms with van der Waals surface area (Å²) in [5, 5.41) is 1.77. The number of carbonyl (C=O) groups is 2. The Hall–Kier alpha value is -1.56. The molecule has 1 saturated heterocycles. The van der Waals surface area contributed by atoms with Crippen molar-refractivity contribution in [2.24, 2.45) is 0 Å². The molecule has 1 fully saturated rings. The number of hydrogen-bond donors (Lipinski definition) is 1. The van der Waals surface area contributed by atoms with Crippen molar-refractivity contribution in [2.75, 3.05) is 13.6 Å². The lowest BCUT2D eigenvalue weighted by Gasteiger charge is -2.23. The predicted molar refractivity (Wildman–Crippen MR) is 72.0 cm³/mol. The summed E-state index contributed by atoms with van der Waals surface area (Å²) in [7, 11) is 1.51. The average molecular weight is 282 g/mol. The maximum absolute atomic E-state index is 13.8. The van der Waals surface area contributed by atoms with Crippen LogP contribution in [0.3, 0.4) is 0 Å². The third kappa shape index (κ3) is 2.73. The number of hydrogen-bond acceptors (Lipinski definition) is 3. The Morgan fingerprint density at radius 1 is 1.47 bits per heavy atom. The van der Waals surface area contributed by atoms with Gasteiger partial charge < -0.3 is 10.2 Å². The predicted octanol–water partition coefficient (Wildman–Crippen LogP) is 1.53. The summed E-state index contributed by atoms with van der Waals surface area (Å²) in [5.41, 5.74) is 0.439. The number of nitrogens with zero attached hydrogens (tertiary/aromatic N) is 1. The van der Waals surface area contributed by atoms with E-state index < -0.39 is 5.37 Å². The lowest BCUT2D eigenvalue weighted by molar-refractivity contribution is -0.134. The van der Waals surface area contributed by atoms with Gasteiger partial charge in [0.25, 0.3) is 0 Å². The first kappa shape index (κ1) is 13.9. The minimum Gasteiger partial charge on any atom is -0.358 e. The number of halogens is 1. The number of amides is 2. The van der Waals surface area contributed by atoms with E-state index in [-0.39, 0.29) is 29.4 Å². The Bertz CT molecular complexity index is 509. The molecular formula is C13H15FN2O2S. The molecular weight excluding hydrogens is 267 g/mol. The third-order valence-corrected chi connectivity index (χ3v) is 4.39. The quantitative estimate of drug-likeness (QED) is 0.915. The Morgan fingerprint density at radius 2 is 2.16 bits per heavy atom. The molecule has 2 rings (SSSR count). The second kappa shape index (κ2) is 5.61. The lowest BCUT2D eigenvalue weighted by atomic mass is 10.2. The van der Waals surface area contributed by atoms with E-state index in [4.69, 9.17) is 0 Å². The van der Waals surface area contributed by atoms with E-state index >= 15 is 0 Å². The van der Waals surface area contributed by atoms with Crippen LogP contribution in [-0.2, 0) is 9.59 Å². The molecule has 0 spiro atoms. The average Bonchev–Trinajstić information content (AvgIpc) is 2.67. The van der Waals surface area contributed by atoms with Gasteiger partial charge in [-0.2, -0.15) is 0 Å². The number of rotatable bonds is 3. The highest BCUT2D eigenvalue weighted by atomic mass is 32.2. The zero-order chi connectivity index (χ0) is 14.0. The summed E-state index contributed by atoms with van der Waals surface area (Å²) < 4.78 is 13.8. The number of likely N-dealkylation sites (N-methyl/N-ethyl adjacent to an activating group) is 1. The maximum atomic E-state index is 13.8. The Labute approximate surface area is 115 Å². The van der Waals surface area contributed by atoms with Crippen molar-refractivity contribution in [1.82, 2.24) is 10.2 Å². The minimum absolute atomic E-state index is 0.0499. The first-order valence-electron chi connectivity index (χ1n) is 5.95. The maximum Gasteiger partial charge on any atom is 0.239 e. The zero-order valence-electron chi connectivity index (χ0n) is 10.7. The second-order valence-electron chi connectivity index (χ2n) is 4.29. The van der Waals surface area contributed by atoms with E-state index in [1.54, 1.807) is 25.1 Å². The van der Waals surface area contributed by atoms with Crippen molar-refractivity contribution in [1.29, 1.82) is 0 Å². The van der Waals surface area contributed by atoms with Crippen LogP contribution in [0.15, 0.2) is 24.3 Å². The highest BCUT2D eigenvalue weighted by Gasteiger charge is 2.40. The molecule has 0 saturated carbocycles. The molecule has 1 heterocycles. The van der Waals surface area contributed by atoms with Crippen molar-refractivity contribution in [3.63, 3.8) is 0 Å². The van der Waals surface area contributed by atoms with Crippen molar-refractivity contribution >= 4 is 23.6 Å². The lowest BCUT2D eigenvalue weighted by Crippen LogP contribution is -2.39. The zero-order valence-corrected chi connectivity index (χ0v) is 11.5. The molecule has 0 aliphatic carbocycles. The first-order chi connectivity index (χ1) is 9.04. The molecule has 0 unspecified atom stereocenters. The van der Waals surface area contributed by atoms with Crippen LogP contribution in [0.5, 0.6) is 0 Å². The van der Waals surface area contributed by atoms with Gasteiger partial charge in [0.15, 0.2) is 0 Å². The minimum atomic E-state index is -0.444. The van der Waals surface area contributed by atoms with Crippen molar-refractivity contribution in [3.05, 3.63) is 35.6 Å². The SMILES string of the molecule is CNC(=O)CN1C(=O)[C@H](C)S[C@H]1c1ccccc1F. The fraction of sp³-hybridized carbons (Fsp3) is 0.385. The molecule has 0 aromatic heterocycles. The van der Waals surface area contributed by atoms with E-state index in [9.17, 15) is 14.0 Å². The van der Waals surface area contributed by atoms with Gasteiger partial charge in [0.1, 0.15) is 17.7 Å². The topological polar surface area (TPSA) is 49.4 Å². The molecule has 2 amide bonds. The van der Waals surface area contributed by atoms with Crippen LogP contribution in [0.2, 0.25) is 0 Å². The van der Waals surface area contributed by atoms with Crippen molar-refractivity contribution in [2.45, 2.75) is 17.5 Å². The van der Waals surface area contributed by atoms with Gasteiger partial charge in [-0.1, -0.05) is 18.2 Å². The summed E-state index contributed by atoms with van der Waals surface area (Å²) in [6.07, 6.45) is 0. The molecule has 0 radical (unpaired) electrons. The van der Waals surface area contributed by atoms with Crippen molar-refractivity contribution in [3.8, 4) is 0 Å². The first-order valence-corrected chi connectivity index (χ1v) is 6.90. The Balaban J connectivity index is 2.30. The molecule has 1 N–H and O–H groups in total. The number of benzene rings is 1. The summed E-state index contributed by atoms with van der Waals surface area (Å²) in [4.78, 5) is 25.0. The number of thioether (sulfide) groups is 1. The summed E-state index contributed by atoms with van der Waals surface area (Å²) in [5.74, 6) is -0.755. The highest BCUT2D eigenvalue weighted by molar-refractivity contribution is 8.01. The van der Waals surface area contributed by atoms with Crippen molar-refractivity contribution < 1.29 is 14.0 Å². The van der Waals surface area contributed by atoms with Crippen LogP contribution >= 0.6 is 11.8 Å². The molecule has 0 bridgehead atoms. The van der Waals surface area contributed by atoms with Gasteiger partial charge in [0.2, 0.25) is 11.8 Å². The van der Waals surface area contributed by atoms with Gasteiger partial charge in [0, 0.05) is 12.6 Å². The molecule has 1 aliphatic rings. The van der Waals surface area contributed by atoms with E-state index in [1.807, 2.05) is 0 Å². The van der Waals surface area contributed by atoms with E-state index in [2.05, 4.69) is 5.32 Å². The normalized spacial score (nSPS) is 22.7. The van der Waals surface area contributed by atoms with Crippen LogP contribution in [0, 0.1) is 5.82 Å². The summed E-state index contributed by atoms with van der Waals surface area (Å²) >= 11 is 1.36. The number of carbonyl (C=O) groups excluding carboxylic acids is 2. The van der Waals surface area contributed by atoms with E-state index in [0.717, 1.165) is 0 Å². The standard InChI is InChI=1S/C13H15FN2O2S/c1-8-12(18)16(7-11(17)15-2)13(19-8)9-5-3-4-6-10(9)14/h3-6,8,13H,7H2,1-2H3,(H,15,17)/t8-,13-/m0/s1. The van der Waals surface area contributed by atoms with Crippen LogP contribution in [0.1, 0.15) is 17.9 Å². The molecule has 102 valence electrons. The fourth-order valence-electron chi connectivity index (χ4n) is 1.99. The highest BCUT2D eigenvalue weighted by Crippen LogP contribution is 2.43. The molecule has 1 aromatic carbocycles. The van der Waals surface area contributed by atoms with Gasteiger partial charge in [-0.05, 0) is 13.0 Å². The van der Waals surface area contributed by atoms with Crippen LogP contribution in [-0.4, -0.2) is 35.6 Å². The summed E-state index contributed by atoms with van der Waals surface area (Å²) in [6.45, 7) is 1.72. The smallest absolute Gasteiger partial charge is 0.239 e. The van der Waals surface area contributed by atoms with Crippen LogP contribution < -0.4 is 5.32 Å². The molecule has 6 heteroatoms. The molecule has 19 heavy (non-hydrogen) atoms. The van der Waals surface area contributed by atoms with E-state index in [0.29, 0.717) is 5.56 Å². The molecule has 2 atom stereocenters. The van der Waals surface area contributed by atoms with Gasteiger partial charge >= 0.3 is 0 Å². The van der Waals surface area contributed by atoms with Gasteiger partial charge in [-0.3, -0.25) is 9.59 Å². The molecule has 1 aliphatic heterocycles. The third-order valence-electron chi connectivity index (χ3n) is 3.01. The van der Waals surface area contributed by atoms with Crippen LogP contribution in [0.25, 0.3) is 0 Å². The van der Waals surface area contributed by atoms with Crippen LogP contribution in [0.4, 0.5) is 4.39 Å². The Morgan fingerprint density at radius 3 is 2.79 bits per heavy atom. The number of nitrogens with one attached hydrogen (secondary N) is 1. The van der Waals surface area contributed by atoms with Gasteiger partial charge in [-0.15, -0.1) is 11.8 Å². The van der Waals surface area contributed by atoms with Gasteiger partial charge in [0.05, 0.1) is 5.25 Å². The molecule has 4 nitrogen and oxygen atoms in total. The molecule has 1 aromatic rings. The fourth-order valence-corrected chi connectivity index (χ4v) is 3.29. The second-order valence-corrected chi connectivity index (χ2v) is 5.72.